The van der Waals surface area contributed by atoms with Crippen molar-refractivity contribution in [2.45, 2.75) is 45.6 Å². The maximum atomic E-state index is 13.1. The molecule has 1 aromatic carbocycles. The van der Waals surface area contributed by atoms with Gasteiger partial charge in [0.05, 0.1) is 23.0 Å². The summed E-state index contributed by atoms with van der Waals surface area (Å²) in [5, 5.41) is 14.5. The molecule has 1 saturated heterocycles. The minimum absolute atomic E-state index is 0.00950. The molecule has 5 nitrogen and oxygen atoms in total. The van der Waals surface area contributed by atoms with Crippen LogP contribution in [0.3, 0.4) is 0 Å². The van der Waals surface area contributed by atoms with E-state index in [0.717, 1.165) is 17.8 Å². The van der Waals surface area contributed by atoms with Crippen LogP contribution in [0.25, 0.3) is 5.69 Å². The molecule has 25 heavy (non-hydrogen) atoms. The maximum absolute atomic E-state index is 13.1. The fourth-order valence-corrected chi connectivity index (χ4v) is 3.33. The molecule has 0 bridgehead atoms. The number of aromatic nitrogens is 2. The Labute approximate surface area is 149 Å². The molecule has 2 aromatic rings. The largest absolute Gasteiger partial charge is 0.393 e. The van der Waals surface area contributed by atoms with Crippen LogP contribution in [-0.4, -0.2) is 44.9 Å². The van der Waals surface area contributed by atoms with Crippen LogP contribution in [0, 0.1) is 5.92 Å². The number of aliphatic hydroxyl groups excluding tert-OH is 1. The van der Waals surface area contributed by atoms with E-state index in [2.05, 4.69) is 20.8 Å². The summed E-state index contributed by atoms with van der Waals surface area (Å²) in [4.78, 5) is 15.0. The molecule has 1 amide bonds. The molecule has 3 rings (SSSR count). The lowest BCUT2D eigenvalue weighted by Crippen LogP contribution is -2.32. The third-order valence-electron chi connectivity index (χ3n) is 4.87. The zero-order valence-electron chi connectivity index (χ0n) is 15.4. The molecule has 0 aliphatic carbocycles. The van der Waals surface area contributed by atoms with Crippen molar-refractivity contribution in [3.63, 3.8) is 0 Å². The van der Waals surface area contributed by atoms with Crippen LogP contribution in [0.1, 0.15) is 50.2 Å². The number of carbonyl (C=O) groups is 1. The number of benzene rings is 1. The lowest BCUT2D eigenvalue weighted by molar-refractivity contribution is 0.0760. The van der Waals surface area contributed by atoms with E-state index in [1.54, 1.807) is 11.6 Å². The van der Waals surface area contributed by atoms with Crippen LogP contribution in [0.5, 0.6) is 0 Å². The summed E-state index contributed by atoms with van der Waals surface area (Å²) < 4.78 is 1.79. The quantitative estimate of drug-likeness (QED) is 0.933. The Hall–Kier alpha value is -2.14. The number of aliphatic hydroxyl groups is 1. The Balaban J connectivity index is 1.95. The molecule has 2 unspecified atom stereocenters. The van der Waals surface area contributed by atoms with Crippen molar-refractivity contribution in [3.8, 4) is 5.69 Å². The second-order valence-electron chi connectivity index (χ2n) is 7.96. The fraction of sp³-hybridized carbons (Fsp3) is 0.500. The predicted octanol–water partition coefficient (Wildman–Crippen LogP) is 3.01. The van der Waals surface area contributed by atoms with E-state index < -0.39 is 0 Å². The van der Waals surface area contributed by atoms with Gasteiger partial charge >= 0.3 is 0 Å². The molecule has 1 N–H and O–H groups in total. The standard InChI is InChI=1S/C20H27N3O2/c1-14(24)15-10-11-22(12-15)19(25)17-13-23(16-8-6-5-7-9-16)21-18(17)20(2,3)4/h5-9,13-15,24H,10-12H2,1-4H3. The highest BCUT2D eigenvalue weighted by Gasteiger charge is 2.33. The number of likely N-dealkylation sites (tertiary alicyclic amines) is 1. The van der Waals surface area contributed by atoms with Gasteiger partial charge in [0.15, 0.2) is 0 Å². The minimum atomic E-state index is -0.382. The van der Waals surface area contributed by atoms with Crippen molar-refractivity contribution in [2.75, 3.05) is 13.1 Å². The summed E-state index contributed by atoms with van der Waals surface area (Å²) in [5.41, 5.74) is 2.17. The first-order valence-electron chi connectivity index (χ1n) is 8.90. The van der Waals surface area contributed by atoms with Gasteiger partial charge in [0.25, 0.3) is 5.91 Å². The Bertz CT molecular complexity index is 744. The summed E-state index contributed by atoms with van der Waals surface area (Å²) >= 11 is 0. The van der Waals surface area contributed by atoms with Crippen molar-refractivity contribution < 1.29 is 9.90 Å². The highest BCUT2D eigenvalue weighted by atomic mass is 16.3. The van der Waals surface area contributed by atoms with Gasteiger partial charge in [-0.15, -0.1) is 0 Å². The molecule has 134 valence electrons. The number of amides is 1. The van der Waals surface area contributed by atoms with Crippen LogP contribution in [0.4, 0.5) is 0 Å². The highest BCUT2D eigenvalue weighted by molar-refractivity contribution is 5.95. The molecule has 5 heteroatoms. The number of carbonyl (C=O) groups excluding carboxylic acids is 1. The molecule has 0 saturated carbocycles. The van der Waals surface area contributed by atoms with Gasteiger partial charge in [-0.1, -0.05) is 39.0 Å². The van der Waals surface area contributed by atoms with Gasteiger partial charge in [0.1, 0.15) is 0 Å². The molecule has 1 aliphatic rings. The second kappa shape index (κ2) is 6.64. The van der Waals surface area contributed by atoms with E-state index in [9.17, 15) is 9.90 Å². The first-order valence-corrected chi connectivity index (χ1v) is 8.90. The van der Waals surface area contributed by atoms with Gasteiger partial charge in [0, 0.05) is 30.6 Å². The normalized spacial score (nSPS) is 19.2. The van der Waals surface area contributed by atoms with Gasteiger partial charge in [-0.2, -0.15) is 5.10 Å². The van der Waals surface area contributed by atoms with Crippen LogP contribution < -0.4 is 0 Å². The molecule has 0 radical (unpaired) electrons. The molecule has 1 aromatic heterocycles. The van der Waals surface area contributed by atoms with Gasteiger partial charge in [-0.05, 0) is 25.5 Å². The SMILES string of the molecule is CC(O)C1CCN(C(=O)c2cn(-c3ccccc3)nc2C(C)(C)C)C1. The third-order valence-corrected chi connectivity index (χ3v) is 4.87. The highest BCUT2D eigenvalue weighted by Crippen LogP contribution is 2.29. The molecule has 0 spiro atoms. The smallest absolute Gasteiger partial charge is 0.257 e. The lowest BCUT2D eigenvalue weighted by atomic mass is 9.89. The summed E-state index contributed by atoms with van der Waals surface area (Å²) in [5.74, 6) is 0.168. The number of rotatable bonds is 3. The van der Waals surface area contributed by atoms with Crippen molar-refractivity contribution in [3.05, 3.63) is 47.8 Å². The zero-order valence-corrected chi connectivity index (χ0v) is 15.4. The average molecular weight is 341 g/mol. The van der Waals surface area contributed by atoms with Crippen LogP contribution in [0.15, 0.2) is 36.5 Å². The van der Waals surface area contributed by atoms with Crippen molar-refractivity contribution in [1.29, 1.82) is 0 Å². The van der Waals surface area contributed by atoms with E-state index >= 15 is 0 Å². The number of para-hydroxylation sites is 1. The van der Waals surface area contributed by atoms with E-state index in [1.165, 1.54) is 0 Å². The molecular formula is C20H27N3O2. The molecular weight excluding hydrogens is 314 g/mol. The van der Waals surface area contributed by atoms with Crippen molar-refractivity contribution >= 4 is 5.91 Å². The first kappa shape index (κ1) is 17.7. The Morgan fingerprint density at radius 2 is 1.96 bits per heavy atom. The summed E-state index contributed by atoms with van der Waals surface area (Å²) in [7, 11) is 0. The van der Waals surface area contributed by atoms with Gasteiger partial charge in [-0.3, -0.25) is 4.79 Å². The van der Waals surface area contributed by atoms with Gasteiger partial charge in [0.2, 0.25) is 0 Å². The molecule has 2 atom stereocenters. The van der Waals surface area contributed by atoms with Crippen molar-refractivity contribution in [1.82, 2.24) is 14.7 Å². The summed E-state index contributed by atoms with van der Waals surface area (Å²) in [6.45, 7) is 9.32. The van der Waals surface area contributed by atoms with Gasteiger partial charge < -0.3 is 10.0 Å². The van der Waals surface area contributed by atoms with E-state index in [-0.39, 0.29) is 23.3 Å². The van der Waals surface area contributed by atoms with E-state index in [1.807, 2.05) is 41.4 Å². The maximum Gasteiger partial charge on any atom is 0.257 e. The summed E-state index contributed by atoms with van der Waals surface area (Å²) in [6, 6.07) is 9.84. The molecule has 1 fully saturated rings. The average Bonchev–Trinajstić information content (AvgIpc) is 3.22. The number of hydrogen-bond acceptors (Lipinski definition) is 3. The number of hydrogen-bond donors (Lipinski definition) is 1. The second-order valence-corrected chi connectivity index (χ2v) is 7.96. The lowest BCUT2D eigenvalue weighted by Gasteiger charge is -2.21. The fourth-order valence-electron chi connectivity index (χ4n) is 3.33. The van der Waals surface area contributed by atoms with Crippen LogP contribution >= 0.6 is 0 Å². The Morgan fingerprint density at radius 1 is 1.28 bits per heavy atom. The third kappa shape index (κ3) is 3.61. The zero-order chi connectivity index (χ0) is 18.2. The Morgan fingerprint density at radius 3 is 2.52 bits per heavy atom. The molecule has 1 aliphatic heterocycles. The summed E-state index contributed by atoms with van der Waals surface area (Å²) in [6.07, 6.45) is 2.31. The topological polar surface area (TPSA) is 58.4 Å². The number of nitrogens with zero attached hydrogens (tertiary/aromatic N) is 3. The van der Waals surface area contributed by atoms with E-state index in [0.29, 0.717) is 18.7 Å². The Kier molecular flexibility index (Phi) is 4.69. The predicted molar refractivity (Wildman–Crippen MR) is 98.0 cm³/mol. The van der Waals surface area contributed by atoms with Crippen LogP contribution in [0.2, 0.25) is 0 Å². The first-order chi connectivity index (χ1) is 11.8. The monoisotopic (exact) mass is 341 g/mol. The van der Waals surface area contributed by atoms with Crippen LogP contribution in [-0.2, 0) is 5.41 Å². The minimum Gasteiger partial charge on any atom is -0.393 e. The molecule has 2 heterocycles. The van der Waals surface area contributed by atoms with E-state index in [4.69, 9.17) is 5.10 Å². The van der Waals surface area contributed by atoms with Gasteiger partial charge in [-0.25, -0.2) is 4.68 Å². The van der Waals surface area contributed by atoms with Crippen molar-refractivity contribution in [2.24, 2.45) is 5.92 Å².